The Balaban J connectivity index is 2.54. The van der Waals surface area contributed by atoms with Crippen LogP contribution in [0.1, 0.15) is 1.37 Å². The molecule has 0 fully saturated rings. The lowest BCUT2D eigenvalue weighted by Gasteiger charge is -1.64. The summed E-state index contributed by atoms with van der Waals surface area (Å²) in [6.07, 6.45) is 0. The van der Waals surface area contributed by atoms with E-state index in [0.29, 0.717) is 0 Å². The third kappa shape index (κ3) is 3.46. The molecule has 26 valence electrons. The monoisotopic (exact) mass is 283 g/mol. The van der Waals surface area contributed by atoms with E-state index in [-0.39, 0.29) is 4.40 Å². The van der Waals surface area contributed by atoms with Crippen LogP contribution in [0.25, 0.3) is 0 Å². The van der Waals surface area contributed by atoms with Gasteiger partial charge in [-0.2, -0.15) is 0 Å². The van der Waals surface area contributed by atoms with Crippen LogP contribution in [0.2, 0.25) is 0 Å². The van der Waals surface area contributed by atoms with Gasteiger partial charge in [-0.3, -0.25) is 0 Å². The molecule has 0 heterocycles. The van der Waals surface area contributed by atoms with E-state index >= 15 is 0 Å². The molecule has 0 radical (unpaired) electrons. The van der Waals surface area contributed by atoms with Crippen molar-refractivity contribution in [2.45, 2.75) is 0 Å². The van der Waals surface area contributed by atoms with Crippen molar-refractivity contribution in [2.24, 2.45) is 0 Å². The molecule has 0 aromatic carbocycles. The number of alkyl halides is 2. The summed E-state index contributed by atoms with van der Waals surface area (Å²) in [6, 6.07) is 0. The maximum Gasteiger partial charge on any atom is 0.0385 e. The van der Waals surface area contributed by atoms with Crippen LogP contribution in [0.3, 0.4) is 0 Å². The van der Waals surface area contributed by atoms with Gasteiger partial charge < -0.3 is 0 Å². The molecule has 1 atom stereocenters. The fraction of sp³-hybridized carbons (Fsp3) is 1.00. The van der Waals surface area contributed by atoms with Gasteiger partial charge in [0.2, 0.25) is 0 Å². The average Bonchev–Trinajstić information content (AvgIpc) is 1.38. The van der Waals surface area contributed by atoms with Gasteiger partial charge in [0.1, 0.15) is 0 Å². The quantitative estimate of drug-likeness (QED) is 0.509. The van der Waals surface area contributed by atoms with E-state index in [2.05, 4.69) is 45.2 Å². The summed E-state index contributed by atoms with van der Waals surface area (Å²) in [4.78, 5) is 0. The molecular weight excluding hydrogens is 278 g/mol. The van der Waals surface area contributed by atoms with Gasteiger partial charge in [-0.1, -0.05) is 45.2 Å². The van der Waals surface area contributed by atoms with Gasteiger partial charge in [-0.15, -0.1) is 0 Å². The number of halogens is 2. The number of hydrogen-bond donors (Lipinski definition) is 0. The summed E-state index contributed by atoms with van der Waals surface area (Å²) in [7, 11) is 0. The predicted molar refractivity (Wildman–Crippen MR) is 37.8 cm³/mol. The first kappa shape index (κ1) is 3.64. The van der Waals surface area contributed by atoms with Gasteiger partial charge in [0.05, 0.1) is 0 Å². The molecule has 0 N–H and O–H groups in total. The zero-order valence-electron chi connectivity index (χ0n) is 3.04. The summed E-state index contributed by atoms with van der Waals surface area (Å²) in [5.41, 5.74) is 0. The molecule has 0 aliphatic rings. The lowest BCUT2D eigenvalue weighted by Crippen LogP contribution is -1.60. The maximum atomic E-state index is 6.81. The number of hydrogen-bond acceptors (Lipinski definition) is 0. The molecule has 4 heavy (non-hydrogen) atoms. The third-order valence-electron chi connectivity index (χ3n) is 0.0583. The minimum Gasteiger partial charge on any atom is -0.0855 e. The van der Waals surface area contributed by atoms with Gasteiger partial charge >= 0.3 is 0 Å². The van der Waals surface area contributed by atoms with E-state index < -0.39 is 0 Å². The minimum atomic E-state index is 0.0909. The highest BCUT2D eigenvalue weighted by Gasteiger charge is 1.60. The van der Waals surface area contributed by atoms with Crippen LogP contribution in [0.4, 0.5) is 0 Å². The molecule has 0 amide bonds. The van der Waals surface area contributed by atoms with Gasteiger partial charge in [-0.25, -0.2) is 0 Å². The van der Waals surface area contributed by atoms with Gasteiger partial charge in [0, 0.05) is 10.2 Å². The molecule has 0 spiro atoms. The minimum absolute atomic E-state index is 0.0909. The fourth-order valence-corrected chi connectivity index (χ4v) is 0. The van der Waals surface area contributed by atoms with Crippen LogP contribution < -0.4 is 0 Å². The Kier molecular flexibility index (Phi) is 4.06. The van der Waals surface area contributed by atoms with Crippen LogP contribution in [0.15, 0.2) is 0 Å². The smallest absolute Gasteiger partial charge is 0.0385 e. The Morgan fingerprint density at radius 1 is 1.75 bits per heavy atom. The first-order valence-electron chi connectivity index (χ1n) is 1.47. The van der Waals surface area contributed by atoms with E-state index in [0.717, 1.165) is 4.43 Å². The molecule has 0 saturated heterocycles. The largest absolute Gasteiger partial charge is 0.0855 e. The van der Waals surface area contributed by atoms with Gasteiger partial charge in [-0.05, 0) is 0 Å². The van der Waals surface area contributed by atoms with Crippen molar-refractivity contribution in [1.29, 1.82) is 0 Å². The summed E-state index contributed by atoms with van der Waals surface area (Å²) in [5.74, 6) is 0. The zero-order chi connectivity index (χ0) is 4.28. The van der Waals surface area contributed by atoms with E-state index in [1.807, 2.05) is 0 Å². The molecule has 0 saturated carbocycles. The SMILES string of the molecule is [2H]C(I)CI. The Labute approximate surface area is 55.0 Å². The molecule has 1 unspecified atom stereocenters. The Morgan fingerprint density at radius 2 is 2.00 bits per heavy atom. The van der Waals surface area contributed by atoms with Crippen molar-refractivity contribution in [3.05, 3.63) is 0 Å². The van der Waals surface area contributed by atoms with Crippen molar-refractivity contribution in [3.8, 4) is 0 Å². The Hall–Kier alpha value is 1.46. The second-order valence-corrected chi connectivity index (χ2v) is 2.07. The molecule has 2 heteroatoms. The van der Waals surface area contributed by atoms with E-state index in [1.165, 1.54) is 0 Å². The van der Waals surface area contributed by atoms with Crippen LogP contribution in [0.5, 0.6) is 0 Å². The van der Waals surface area contributed by atoms with Crippen molar-refractivity contribution in [1.82, 2.24) is 0 Å². The van der Waals surface area contributed by atoms with E-state index in [9.17, 15) is 0 Å². The second kappa shape index (κ2) is 4.46. The van der Waals surface area contributed by atoms with Crippen molar-refractivity contribution >= 4 is 45.2 Å². The van der Waals surface area contributed by atoms with E-state index in [4.69, 9.17) is 1.37 Å². The first-order chi connectivity index (χ1) is 2.27. The highest BCUT2D eigenvalue weighted by Crippen LogP contribution is 1.84. The Bertz CT molecular complexity index is 21.6. The average molecular weight is 283 g/mol. The topological polar surface area (TPSA) is 0 Å². The van der Waals surface area contributed by atoms with Crippen LogP contribution in [0, 0.1) is 0 Å². The van der Waals surface area contributed by atoms with Crippen molar-refractivity contribution in [2.75, 3.05) is 8.83 Å². The van der Waals surface area contributed by atoms with Crippen molar-refractivity contribution < 1.29 is 1.37 Å². The summed E-state index contributed by atoms with van der Waals surface area (Å²) in [6.45, 7) is 0. The van der Waals surface area contributed by atoms with Gasteiger partial charge in [0.25, 0.3) is 0 Å². The molecule has 0 nitrogen and oxygen atoms in total. The fourth-order valence-electron chi connectivity index (χ4n) is 0. The normalized spacial score (nSPS) is 19.0. The molecule has 0 rings (SSSR count). The maximum absolute atomic E-state index is 6.81. The van der Waals surface area contributed by atoms with Crippen molar-refractivity contribution in [3.63, 3.8) is 0 Å². The van der Waals surface area contributed by atoms with E-state index in [1.54, 1.807) is 0 Å². The summed E-state index contributed by atoms with van der Waals surface area (Å²) >= 11 is 4.25. The summed E-state index contributed by atoms with van der Waals surface area (Å²) < 4.78 is 7.83. The number of rotatable bonds is 1. The predicted octanol–water partition coefficient (Wildman–Crippen LogP) is 1.86. The second-order valence-electron chi connectivity index (χ2n) is 0.309. The third-order valence-corrected chi connectivity index (χ3v) is 2.62. The lowest BCUT2D eigenvalue weighted by atomic mass is 11.0. The first-order valence-corrected chi connectivity index (χ1v) is 3.66. The highest BCUT2D eigenvalue weighted by molar-refractivity contribution is 14.1. The molecule has 0 aromatic rings. The Morgan fingerprint density at radius 3 is 2.00 bits per heavy atom. The molecule has 0 aliphatic carbocycles. The van der Waals surface area contributed by atoms with Crippen LogP contribution >= 0.6 is 45.2 Å². The molecular formula is C2H4I2. The standard InChI is InChI=1S/C2H4I2/c3-1-2-4/h1-2H2/i1D. The van der Waals surface area contributed by atoms with Crippen LogP contribution in [-0.2, 0) is 0 Å². The molecule has 0 bridgehead atoms. The lowest BCUT2D eigenvalue weighted by molar-refractivity contribution is 1.67. The summed E-state index contributed by atoms with van der Waals surface area (Å²) in [5, 5.41) is 0. The van der Waals surface area contributed by atoms with Crippen LogP contribution in [-0.4, -0.2) is 8.83 Å². The molecule has 0 aliphatic heterocycles. The van der Waals surface area contributed by atoms with Gasteiger partial charge in [0.15, 0.2) is 0 Å². The molecule has 0 aromatic heterocycles. The zero-order valence-corrected chi connectivity index (χ0v) is 6.36. The highest BCUT2D eigenvalue weighted by atomic mass is 127.